The number of hydrazone groups is 1. The number of allylic oxidation sites excluding steroid dienone is 2. The first-order valence-corrected chi connectivity index (χ1v) is 7.36. The van der Waals surface area contributed by atoms with Gasteiger partial charge in [-0.05, 0) is 25.2 Å². The summed E-state index contributed by atoms with van der Waals surface area (Å²) in [5.41, 5.74) is 2.42. The molecule has 0 spiro atoms. The van der Waals surface area contributed by atoms with Crippen molar-refractivity contribution in [2.45, 2.75) is 19.3 Å². The highest BCUT2D eigenvalue weighted by Crippen LogP contribution is 2.36. The quantitative estimate of drug-likeness (QED) is 0.364. The van der Waals surface area contributed by atoms with Crippen LogP contribution >= 0.6 is 34.8 Å². The first-order valence-electron chi connectivity index (χ1n) is 6.22. The van der Waals surface area contributed by atoms with Crippen LogP contribution < -0.4 is 5.43 Å². The lowest BCUT2D eigenvalue weighted by Crippen LogP contribution is -2.07. The number of nitrogens with zero attached hydrogens (tertiary/aromatic N) is 2. The van der Waals surface area contributed by atoms with Gasteiger partial charge >= 0.3 is 5.97 Å². The topological polar surface area (TPSA) is 74.6 Å². The van der Waals surface area contributed by atoms with Crippen LogP contribution in [0.3, 0.4) is 0 Å². The van der Waals surface area contributed by atoms with Crippen molar-refractivity contribution in [2.75, 3.05) is 5.43 Å². The van der Waals surface area contributed by atoms with Gasteiger partial charge in [0, 0.05) is 6.21 Å². The molecule has 2 N–H and O–H groups in total. The Morgan fingerprint density at radius 3 is 2.76 bits per heavy atom. The minimum Gasteiger partial charge on any atom is -0.476 e. The van der Waals surface area contributed by atoms with E-state index in [1.165, 1.54) is 0 Å². The maximum absolute atomic E-state index is 11.0. The van der Waals surface area contributed by atoms with E-state index in [4.69, 9.17) is 39.9 Å². The molecular formula is C13H12Cl3N3O2. The molecule has 0 radical (unpaired) electrons. The number of nitrogens with one attached hydrogen (secondary N) is 1. The number of carbonyl (C=O) groups is 1. The zero-order valence-electron chi connectivity index (χ0n) is 10.8. The molecule has 0 fully saturated rings. The SMILES string of the molecule is O=C(O)c1nc(Cl)c(Cl)c(N/N=C/C2CC=CCC2)c1Cl. The molecule has 1 heterocycles. The highest BCUT2D eigenvalue weighted by molar-refractivity contribution is 6.46. The summed E-state index contributed by atoms with van der Waals surface area (Å²) in [7, 11) is 0. The summed E-state index contributed by atoms with van der Waals surface area (Å²) >= 11 is 17.7. The van der Waals surface area contributed by atoms with Crippen molar-refractivity contribution in [3.63, 3.8) is 0 Å². The molecule has 112 valence electrons. The molecule has 0 aliphatic heterocycles. The Morgan fingerprint density at radius 2 is 2.14 bits per heavy atom. The van der Waals surface area contributed by atoms with E-state index in [2.05, 4.69) is 27.7 Å². The van der Waals surface area contributed by atoms with Gasteiger partial charge in [0.15, 0.2) is 10.8 Å². The predicted molar refractivity (Wildman–Crippen MR) is 84.8 cm³/mol. The second kappa shape index (κ2) is 7.11. The average molecular weight is 349 g/mol. The lowest BCUT2D eigenvalue weighted by atomic mass is 9.96. The molecule has 21 heavy (non-hydrogen) atoms. The van der Waals surface area contributed by atoms with E-state index in [-0.39, 0.29) is 26.6 Å². The van der Waals surface area contributed by atoms with Crippen molar-refractivity contribution in [2.24, 2.45) is 11.0 Å². The summed E-state index contributed by atoms with van der Waals surface area (Å²) in [6.45, 7) is 0. The van der Waals surface area contributed by atoms with Crippen molar-refractivity contribution >= 4 is 52.7 Å². The van der Waals surface area contributed by atoms with Crippen LogP contribution in [-0.4, -0.2) is 22.3 Å². The van der Waals surface area contributed by atoms with Gasteiger partial charge in [-0.15, -0.1) is 0 Å². The van der Waals surface area contributed by atoms with Crippen LogP contribution in [0.15, 0.2) is 17.3 Å². The van der Waals surface area contributed by atoms with Gasteiger partial charge in [-0.3, -0.25) is 5.43 Å². The van der Waals surface area contributed by atoms with E-state index in [0.29, 0.717) is 5.92 Å². The van der Waals surface area contributed by atoms with E-state index >= 15 is 0 Å². The number of rotatable bonds is 4. The number of pyridine rings is 1. The number of aromatic carboxylic acids is 1. The lowest BCUT2D eigenvalue weighted by Gasteiger charge is -2.13. The Morgan fingerprint density at radius 1 is 1.38 bits per heavy atom. The van der Waals surface area contributed by atoms with Crippen LogP contribution in [0, 0.1) is 5.92 Å². The number of carboxylic acid groups (broad SMARTS) is 1. The van der Waals surface area contributed by atoms with Gasteiger partial charge in [0.05, 0.1) is 5.69 Å². The summed E-state index contributed by atoms with van der Waals surface area (Å²) in [5.74, 6) is -0.959. The molecule has 1 aromatic rings. The number of hydrogen-bond donors (Lipinski definition) is 2. The van der Waals surface area contributed by atoms with Crippen LogP contribution in [0.5, 0.6) is 0 Å². The number of halogens is 3. The second-order valence-corrected chi connectivity index (χ2v) is 5.61. The van der Waals surface area contributed by atoms with Crippen molar-refractivity contribution < 1.29 is 9.90 Å². The molecule has 0 saturated carbocycles. The molecular weight excluding hydrogens is 337 g/mol. The van der Waals surface area contributed by atoms with Crippen molar-refractivity contribution in [3.8, 4) is 0 Å². The van der Waals surface area contributed by atoms with Crippen LogP contribution in [0.4, 0.5) is 5.69 Å². The molecule has 0 saturated heterocycles. The average Bonchev–Trinajstić information content (AvgIpc) is 2.47. The fourth-order valence-corrected chi connectivity index (χ4v) is 2.58. The van der Waals surface area contributed by atoms with Gasteiger partial charge in [0.1, 0.15) is 10.0 Å². The fraction of sp³-hybridized carbons (Fsp3) is 0.308. The van der Waals surface area contributed by atoms with Crippen LogP contribution in [0.25, 0.3) is 0 Å². The van der Waals surface area contributed by atoms with Crippen LogP contribution in [-0.2, 0) is 0 Å². The predicted octanol–water partition coefficient (Wildman–Crippen LogP) is 4.49. The van der Waals surface area contributed by atoms with E-state index in [0.717, 1.165) is 19.3 Å². The normalized spacial score (nSPS) is 18.1. The van der Waals surface area contributed by atoms with E-state index in [9.17, 15) is 4.79 Å². The Bertz CT molecular complexity index is 617. The van der Waals surface area contributed by atoms with Crippen LogP contribution in [0.1, 0.15) is 29.8 Å². The van der Waals surface area contributed by atoms with Gasteiger partial charge in [-0.2, -0.15) is 5.10 Å². The van der Waals surface area contributed by atoms with Crippen molar-refractivity contribution in [3.05, 3.63) is 33.0 Å². The van der Waals surface area contributed by atoms with Gasteiger partial charge in [0.2, 0.25) is 0 Å². The molecule has 1 aliphatic carbocycles. The highest BCUT2D eigenvalue weighted by Gasteiger charge is 2.20. The van der Waals surface area contributed by atoms with E-state index in [1.54, 1.807) is 6.21 Å². The van der Waals surface area contributed by atoms with E-state index < -0.39 is 5.97 Å². The Labute approximate surface area is 136 Å². The summed E-state index contributed by atoms with van der Waals surface area (Å²) in [6.07, 6.45) is 8.94. The molecule has 0 aromatic carbocycles. The summed E-state index contributed by atoms with van der Waals surface area (Å²) in [5, 5.41) is 12.8. The molecule has 2 rings (SSSR count). The van der Waals surface area contributed by atoms with Crippen LogP contribution in [0.2, 0.25) is 15.2 Å². The third-order valence-electron chi connectivity index (χ3n) is 3.01. The van der Waals surface area contributed by atoms with Gasteiger partial charge in [0.25, 0.3) is 0 Å². The number of anilines is 1. The monoisotopic (exact) mass is 347 g/mol. The Hall–Kier alpha value is -1.30. The fourth-order valence-electron chi connectivity index (χ4n) is 1.91. The zero-order valence-corrected chi connectivity index (χ0v) is 13.1. The summed E-state index contributed by atoms with van der Waals surface area (Å²) in [6, 6.07) is 0. The minimum atomic E-state index is -1.29. The Kier molecular flexibility index (Phi) is 5.45. The van der Waals surface area contributed by atoms with Gasteiger partial charge in [-0.1, -0.05) is 47.0 Å². The third-order valence-corrected chi connectivity index (χ3v) is 4.12. The lowest BCUT2D eigenvalue weighted by molar-refractivity contribution is 0.0691. The minimum absolute atomic E-state index is 0.0346. The number of carboxylic acids is 1. The number of hydrogen-bond acceptors (Lipinski definition) is 4. The Balaban J connectivity index is 2.21. The van der Waals surface area contributed by atoms with Crippen molar-refractivity contribution in [1.82, 2.24) is 4.98 Å². The third kappa shape index (κ3) is 3.87. The molecule has 0 bridgehead atoms. The maximum Gasteiger partial charge on any atom is 0.356 e. The molecule has 5 nitrogen and oxygen atoms in total. The molecule has 1 aromatic heterocycles. The zero-order chi connectivity index (χ0) is 15.4. The molecule has 1 atom stereocenters. The standard InChI is InChI=1S/C13H12Cl3N3O2/c14-8-10(9(15)12(16)18-11(8)13(20)21)19-17-6-7-4-2-1-3-5-7/h1-2,6-7H,3-5H2,(H,18,19)(H,20,21)/b17-6+. The largest absolute Gasteiger partial charge is 0.476 e. The first-order chi connectivity index (χ1) is 10.0. The highest BCUT2D eigenvalue weighted by atomic mass is 35.5. The summed E-state index contributed by atoms with van der Waals surface area (Å²) < 4.78 is 0. The van der Waals surface area contributed by atoms with Gasteiger partial charge in [-0.25, -0.2) is 9.78 Å². The molecule has 0 amide bonds. The molecule has 1 aliphatic rings. The van der Waals surface area contributed by atoms with Gasteiger partial charge < -0.3 is 5.11 Å². The summed E-state index contributed by atoms with van der Waals surface area (Å²) in [4.78, 5) is 14.7. The van der Waals surface area contributed by atoms with E-state index in [1.807, 2.05) is 0 Å². The molecule has 8 heteroatoms. The smallest absolute Gasteiger partial charge is 0.356 e. The first kappa shape index (κ1) is 16.1. The maximum atomic E-state index is 11.0. The second-order valence-electron chi connectivity index (χ2n) is 4.49. The number of aromatic nitrogens is 1. The molecule has 1 unspecified atom stereocenters. The van der Waals surface area contributed by atoms with Crippen molar-refractivity contribution in [1.29, 1.82) is 0 Å².